The van der Waals surface area contributed by atoms with E-state index in [0.717, 1.165) is 31.8 Å². The minimum Gasteiger partial charge on any atom is -0.760 e. The second-order valence-corrected chi connectivity index (χ2v) is 12.6. The van der Waals surface area contributed by atoms with Crippen LogP contribution in [0.25, 0.3) is 21.5 Å². The van der Waals surface area contributed by atoms with E-state index in [-0.39, 0.29) is 24.5 Å². The summed E-state index contributed by atoms with van der Waals surface area (Å²) in [7, 11) is 3.59. The van der Waals surface area contributed by atoms with Crippen molar-refractivity contribution >= 4 is 54.0 Å². The van der Waals surface area contributed by atoms with Gasteiger partial charge in [0, 0.05) is 86.6 Å². The molecule has 0 heterocycles. The molecule has 0 aliphatic carbocycles. The molecule has 8 nitrogen and oxygen atoms in total. The third-order valence-corrected chi connectivity index (χ3v) is 9.62. The Labute approximate surface area is 227 Å². The Bertz CT molecular complexity index is 1590. The molecule has 10 heteroatoms. The number of nitrogens with zero attached hydrogens (tertiary/aromatic N) is 3. The van der Waals surface area contributed by atoms with Crippen molar-refractivity contribution in [1.82, 2.24) is 4.31 Å². The highest BCUT2D eigenvalue weighted by Gasteiger charge is 2.34. The quantitative estimate of drug-likeness (QED) is 0.298. The monoisotopic (exact) mass is 553 g/mol. The van der Waals surface area contributed by atoms with Gasteiger partial charge in [-0.2, -0.15) is 0 Å². The first-order valence-electron chi connectivity index (χ1n) is 12.2. The van der Waals surface area contributed by atoms with Crippen LogP contribution in [0.3, 0.4) is 0 Å². The first kappa shape index (κ1) is 28.0. The molecule has 38 heavy (non-hydrogen) atoms. The van der Waals surface area contributed by atoms with E-state index in [4.69, 9.17) is 5.73 Å². The standard InChI is InChI=1S/C28H34N4O4S2/c1-30(2)25-14-6-9-20-21(25)10-5-12-23(20)28(19-32(18-17-29)37(33)34)38(35,36)27-16-8-11-22-24(27)13-7-15-26(22)31(3)4/h5-16,28H,17-19,29H2,1-4H3,(H,33,34)/p-1. The van der Waals surface area contributed by atoms with E-state index < -0.39 is 26.4 Å². The SMILES string of the molecule is CN(C)c1cccc2c(C(CN(CCN)S(=O)[O-])S(=O)(=O)c3cccc4c(N(C)C)cccc34)cccc12. The molecule has 0 radical (unpaired) electrons. The lowest BCUT2D eigenvalue weighted by Gasteiger charge is -2.30. The second-order valence-electron chi connectivity index (χ2n) is 9.56. The Hall–Kier alpha value is -3.02. The molecule has 0 aliphatic rings. The highest BCUT2D eigenvalue weighted by Crippen LogP contribution is 2.40. The summed E-state index contributed by atoms with van der Waals surface area (Å²) in [6.45, 7) is -0.178. The predicted molar refractivity (Wildman–Crippen MR) is 156 cm³/mol. The molecule has 0 saturated heterocycles. The minimum absolute atomic E-state index is 0.0101. The maximum atomic E-state index is 14.6. The first-order valence-corrected chi connectivity index (χ1v) is 14.8. The molecule has 202 valence electrons. The summed E-state index contributed by atoms with van der Waals surface area (Å²) in [4.78, 5) is 4.07. The van der Waals surface area contributed by atoms with E-state index in [9.17, 15) is 17.2 Å². The van der Waals surface area contributed by atoms with Gasteiger partial charge in [-0.25, -0.2) is 12.7 Å². The number of sulfone groups is 1. The van der Waals surface area contributed by atoms with E-state index >= 15 is 0 Å². The number of anilines is 2. The third kappa shape index (κ3) is 5.27. The van der Waals surface area contributed by atoms with Gasteiger partial charge < -0.3 is 20.1 Å². The van der Waals surface area contributed by atoms with Crippen LogP contribution in [0.5, 0.6) is 0 Å². The smallest absolute Gasteiger partial charge is 0.187 e. The van der Waals surface area contributed by atoms with Gasteiger partial charge >= 0.3 is 0 Å². The largest absolute Gasteiger partial charge is 0.760 e. The van der Waals surface area contributed by atoms with Crippen LogP contribution in [0.2, 0.25) is 0 Å². The van der Waals surface area contributed by atoms with Crippen LogP contribution < -0.4 is 15.5 Å². The summed E-state index contributed by atoms with van der Waals surface area (Å²) in [5.74, 6) is 0. The lowest BCUT2D eigenvalue weighted by molar-refractivity contribution is 0.390. The van der Waals surface area contributed by atoms with Crippen molar-refractivity contribution in [2.45, 2.75) is 10.1 Å². The van der Waals surface area contributed by atoms with Crippen LogP contribution in [-0.2, 0) is 21.1 Å². The van der Waals surface area contributed by atoms with Crippen LogP contribution in [0.4, 0.5) is 11.4 Å². The molecule has 2 unspecified atom stereocenters. The zero-order valence-electron chi connectivity index (χ0n) is 22.0. The van der Waals surface area contributed by atoms with Gasteiger partial charge in [0.05, 0.1) is 4.90 Å². The Morgan fingerprint density at radius 2 is 1.29 bits per heavy atom. The summed E-state index contributed by atoms with van der Waals surface area (Å²) < 4.78 is 54.5. The minimum atomic E-state index is -4.08. The maximum Gasteiger partial charge on any atom is 0.187 e. The summed E-state index contributed by atoms with van der Waals surface area (Å²) in [5.41, 5.74) is 8.06. The summed E-state index contributed by atoms with van der Waals surface area (Å²) in [5, 5.41) is 1.87. The van der Waals surface area contributed by atoms with Crippen molar-refractivity contribution < 1.29 is 17.2 Å². The van der Waals surface area contributed by atoms with Gasteiger partial charge in [0.2, 0.25) is 0 Å². The van der Waals surface area contributed by atoms with Gasteiger partial charge in [-0.15, -0.1) is 0 Å². The molecule has 0 saturated carbocycles. The lowest BCUT2D eigenvalue weighted by Crippen LogP contribution is -2.37. The summed E-state index contributed by atoms with van der Waals surface area (Å²) >= 11 is -2.65. The van der Waals surface area contributed by atoms with Crippen molar-refractivity contribution in [3.8, 4) is 0 Å². The molecule has 0 spiro atoms. The molecule has 2 atom stereocenters. The average Bonchev–Trinajstić information content (AvgIpc) is 2.89. The maximum absolute atomic E-state index is 14.6. The normalized spacial score (nSPS) is 13.7. The number of fused-ring (bicyclic) bond motifs is 2. The summed E-state index contributed by atoms with van der Waals surface area (Å²) in [6.07, 6.45) is 0. The molecule has 2 N–H and O–H groups in total. The van der Waals surface area contributed by atoms with E-state index in [1.54, 1.807) is 24.3 Å². The molecule has 0 amide bonds. The van der Waals surface area contributed by atoms with Crippen molar-refractivity contribution in [1.29, 1.82) is 0 Å². The van der Waals surface area contributed by atoms with Gasteiger partial charge in [0.1, 0.15) is 5.25 Å². The predicted octanol–water partition coefficient (Wildman–Crippen LogP) is 3.69. The number of hydrogen-bond acceptors (Lipinski definition) is 7. The summed E-state index contributed by atoms with van der Waals surface area (Å²) in [6, 6.07) is 22.1. The fraction of sp³-hybridized carbons (Fsp3) is 0.286. The number of benzene rings is 4. The van der Waals surface area contributed by atoms with E-state index in [1.165, 1.54) is 0 Å². The van der Waals surface area contributed by atoms with Gasteiger partial charge in [0.25, 0.3) is 0 Å². The molecule has 4 rings (SSSR count). The van der Waals surface area contributed by atoms with Crippen molar-refractivity contribution in [2.24, 2.45) is 5.73 Å². The lowest BCUT2D eigenvalue weighted by atomic mass is 10.00. The van der Waals surface area contributed by atoms with Gasteiger partial charge in [-0.1, -0.05) is 54.6 Å². The Balaban J connectivity index is 2.01. The number of hydrogen-bond donors (Lipinski definition) is 1. The van der Waals surface area contributed by atoms with Crippen LogP contribution in [0, 0.1) is 0 Å². The molecular formula is C28H33N4O4S2-. The fourth-order valence-corrected chi connectivity index (χ4v) is 7.56. The Morgan fingerprint density at radius 3 is 1.84 bits per heavy atom. The third-order valence-electron chi connectivity index (χ3n) is 6.74. The molecule has 0 bridgehead atoms. The highest BCUT2D eigenvalue weighted by molar-refractivity contribution is 7.92. The Morgan fingerprint density at radius 1 is 0.789 bits per heavy atom. The molecule has 0 aliphatic heterocycles. The van der Waals surface area contributed by atoms with Crippen LogP contribution >= 0.6 is 0 Å². The Kier molecular flexibility index (Phi) is 8.39. The van der Waals surface area contributed by atoms with E-state index in [1.807, 2.05) is 86.5 Å². The van der Waals surface area contributed by atoms with Crippen molar-refractivity contribution in [3.63, 3.8) is 0 Å². The van der Waals surface area contributed by atoms with Gasteiger partial charge in [0.15, 0.2) is 9.84 Å². The van der Waals surface area contributed by atoms with Crippen LogP contribution in [-0.4, -0.2) is 69.3 Å². The zero-order chi connectivity index (χ0) is 27.6. The molecule has 4 aromatic carbocycles. The molecule has 0 fully saturated rings. The molecule has 4 aromatic rings. The van der Waals surface area contributed by atoms with Crippen molar-refractivity contribution in [3.05, 3.63) is 78.4 Å². The molecular weight excluding hydrogens is 520 g/mol. The van der Waals surface area contributed by atoms with Gasteiger partial charge in [-0.3, -0.25) is 4.21 Å². The zero-order valence-corrected chi connectivity index (χ0v) is 23.6. The molecule has 0 aromatic heterocycles. The average molecular weight is 554 g/mol. The topological polar surface area (TPSA) is 110 Å². The second kappa shape index (κ2) is 11.4. The van der Waals surface area contributed by atoms with E-state index in [0.29, 0.717) is 10.9 Å². The fourth-order valence-electron chi connectivity index (χ4n) is 4.96. The van der Waals surface area contributed by atoms with Gasteiger partial charge in [-0.05, 0) is 29.1 Å². The van der Waals surface area contributed by atoms with Crippen LogP contribution in [0.1, 0.15) is 10.8 Å². The number of rotatable bonds is 10. The van der Waals surface area contributed by atoms with Crippen molar-refractivity contribution in [2.75, 3.05) is 57.6 Å². The van der Waals surface area contributed by atoms with E-state index in [2.05, 4.69) is 0 Å². The first-order chi connectivity index (χ1) is 18.1. The van der Waals surface area contributed by atoms with Crippen LogP contribution in [0.15, 0.2) is 77.7 Å². The number of nitrogens with two attached hydrogens (primary N) is 1. The highest BCUT2D eigenvalue weighted by atomic mass is 32.2.